The number of para-hydroxylation sites is 1. The molecule has 73 heavy (non-hydrogen) atoms. The average molecular weight is 961 g/mol. The lowest BCUT2D eigenvalue weighted by molar-refractivity contribution is 0.479. The number of rotatable bonds is 10. The molecule has 0 fully saturated rings. The van der Waals surface area contributed by atoms with Gasteiger partial charge in [-0.25, -0.2) is 4.98 Å². The molecule has 0 unspecified atom stereocenters. The Hall–Kier alpha value is -7.37. The Kier molecular flexibility index (Phi) is 12.3. The molecule has 0 bridgehead atoms. The number of benzene rings is 7. The van der Waals surface area contributed by atoms with Crippen molar-refractivity contribution in [3.63, 3.8) is 0 Å². The van der Waals surface area contributed by atoms with E-state index in [1.165, 1.54) is 55.5 Å². The normalized spacial score (nSPS) is 13.8. The van der Waals surface area contributed by atoms with Gasteiger partial charge < -0.3 is 14.5 Å². The molecule has 0 radical (unpaired) electrons. The Morgan fingerprint density at radius 1 is 0.438 bits per heavy atom. The molecule has 370 valence electrons. The first-order valence-electron chi connectivity index (χ1n) is 26.0. The van der Waals surface area contributed by atoms with Gasteiger partial charge in [0.05, 0.1) is 17.7 Å². The number of anilines is 2. The molecule has 9 aromatic rings. The van der Waals surface area contributed by atoms with Gasteiger partial charge in [0.15, 0.2) is 0 Å². The molecule has 0 saturated heterocycles. The van der Waals surface area contributed by atoms with E-state index in [1.54, 1.807) is 0 Å². The second-order valence-electron chi connectivity index (χ2n) is 24.4. The van der Waals surface area contributed by atoms with Crippen LogP contribution in [-0.2, 0) is 21.7 Å². The summed E-state index contributed by atoms with van der Waals surface area (Å²) in [5.41, 5.74) is 14.6. The van der Waals surface area contributed by atoms with Crippen LogP contribution in [0.4, 0.5) is 11.4 Å². The highest BCUT2D eigenvalue weighted by Crippen LogP contribution is 2.47. The van der Waals surface area contributed by atoms with Crippen LogP contribution in [0, 0.1) is 5.41 Å². The maximum Gasteiger partial charge on any atom is 0.137 e. The summed E-state index contributed by atoms with van der Waals surface area (Å²) < 4.78 is 9.71. The zero-order chi connectivity index (χ0) is 51.7. The smallest absolute Gasteiger partial charge is 0.137 e. The summed E-state index contributed by atoms with van der Waals surface area (Å²) in [7, 11) is 0. The summed E-state index contributed by atoms with van der Waals surface area (Å²) in [5.74, 6) is 2.42. The van der Waals surface area contributed by atoms with Crippen LogP contribution in [0.3, 0.4) is 0 Å². The van der Waals surface area contributed by atoms with Crippen molar-refractivity contribution >= 4 is 33.2 Å². The Bertz CT molecular complexity index is 3510. The van der Waals surface area contributed by atoms with Gasteiger partial charge in [0, 0.05) is 68.6 Å². The van der Waals surface area contributed by atoms with Gasteiger partial charge in [-0.3, -0.25) is 4.57 Å². The number of hydrogen-bond acceptors (Lipinski definition) is 4. The highest BCUT2D eigenvalue weighted by Gasteiger charge is 2.35. The lowest BCUT2D eigenvalue weighted by atomic mass is 9.75. The third-order valence-corrected chi connectivity index (χ3v) is 15.3. The fourth-order valence-corrected chi connectivity index (χ4v) is 10.7. The Morgan fingerprint density at radius 3 is 1.67 bits per heavy atom. The van der Waals surface area contributed by atoms with Gasteiger partial charge in [-0.2, -0.15) is 0 Å². The molecule has 0 N–H and O–H groups in total. The van der Waals surface area contributed by atoms with E-state index in [1.807, 2.05) is 6.20 Å². The molecule has 2 aromatic heterocycles. The van der Waals surface area contributed by atoms with Gasteiger partial charge in [-0.15, -0.1) is 0 Å². The van der Waals surface area contributed by atoms with Gasteiger partial charge >= 0.3 is 0 Å². The average Bonchev–Trinajstić information content (AvgIpc) is 3.98. The summed E-state index contributed by atoms with van der Waals surface area (Å²) >= 11 is 0. The van der Waals surface area contributed by atoms with Crippen LogP contribution in [0.2, 0.25) is 0 Å². The third-order valence-electron chi connectivity index (χ3n) is 15.3. The fraction of sp³-hybridized carbons (Fsp3) is 0.279. The number of fused-ring (bicyclic) bond motifs is 3. The summed E-state index contributed by atoms with van der Waals surface area (Å²) in [6.45, 7) is 30.7. The molecule has 0 spiro atoms. The topological polar surface area (TPSA) is 33.5 Å². The quantitative estimate of drug-likeness (QED) is 0.137. The second kappa shape index (κ2) is 18.3. The molecule has 5 heteroatoms. The molecule has 7 aromatic carbocycles. The van der Waals surface area contributed by atoms with Crippen LogP contribution >= 0.6 is 0 Å². The van der Waals surface area contributed by atoms with Crippen molar-refractivity contribution in [2.45, 2.75) is 112 Å². The maximum absolute atomic E-state index is 7.37. The standard InChI is InChI=1S/C68H72N4O/c1-64(2,3)50-33-34-69-62(40-50)72-59-32-24-23-31-57(59)63-58(68(12,13)49-29-21-16-22-30-49)42-56(43-60(63)72)73-55-36-47(46-25-17-14-18-26-46)35-54(41-55)71-45-70(44-61(71)66(7,8)9)53-38-51(65(4,5)6)37-52(39-53)67(10,11)48-27-19-15-20-28-48/h14-44H,45H2,1-13H3. The Labute approximate surface area is 434 Å². The van der Waals surface area contributed by atoms with Crippen molar-refractivity contribution in [3.05, 3.63) is 227 Å². The maximum atomic E-state index is 7.37. The van der Waals surface area contributed by atoms with E-state index in [9.17, 15) is 0 Å². The van der Waals surface area contributed by atoms with E-state index in [2.05, 4.69) is 287 Å². The number of pyridine rings is 1. The molecule has 0 amide bonds. The van der Waals surface area contributed by atoms with Crippen LogP contribution < -0.4 is 14.5 Å². The molecular weight excluding hydrogens is 889 g/mol. The Balaban J connectivity index is 1.14. The number of ether oxygens (including phenoxy) is 1. The third kappa shape index (κ3) is 9.47. The number of aromatic nitrogens is 2. The van der Waals surface area contributed by atoms with Crippen LogP contribution in [0.1, 0.15) is 123 Å². The summed E-state index contributed by atoms with van der Waals surface area (Å²) in [4.78, 5) is 10.0. The van der Waals surface area contributed by atoms with Crippen molar-refractivity contribution in [3.8, 4) is 28.4 Å². The van der Waals surface area contributed by atoms with Crippen molar-refractivity contribution in [2.75, 3.05) is 16.5 Å². The van der Waals surface area contributed by atoms with Gasteiger partial charge in [0.25, 0.3) is 0 Å². The predicted molar refractivity (Wildman–Crippen MR) is 309 cm³/mol. The van der Waals surface area contributed by atoms with Gasteiger partial charge in [0.2, 0.25) is 0 Å². The number of hydrogen-bond donors (Lipinski definition) is 0. The first kappa shape index (κ1) is 49.2. The molecule has 0 saturated carbocycles. The van der Waals surface area contributed by atoms with Crippen molar-refractivity contribution in [2.24, 2.45) is 5.41 Å². The van der Waals surface area contributed by atoms with E-state index in [0.29, 0.717) is 6.67 Å². The van der Waals surface area contributed by atoms with E-state index in [0.717, 1.165) is 45.2 Å². The van der Waals surface area contributed by atoms with Crippen LogP contribution in [0.5, 0.6) is 11.5 Å². The summed E-state index contributed by atoms with van der Waals surface area (Å²) in [5, 5.41) is 2.38. The van der Waals surface area contributed by atoms with Crippen LogP contribution in [-0.4, -0.2) is 16.2 Å². The highest BCUT2D eigenvalue weighted by molar-refractivity contribution is 6.12. The monoisotopic (exact) mass is 961 g/mol. The first-order chi connectivity index (χ1) is 34.6. The molecule has 1 aliphatic rings. The lowest BCUT2D eigenvalue weighted by Gasteiger charge is -2.32. The number of nitrogens with zero attached hydrogens (tertiary/aromatic N) is 4. The minimum atomic E-state index is -0.391. The van der Waals surface area contributed by atoms with Crippen LogP contribution in [0.25, 0.3) is 38.8 Å². The zero-order valence-electron chi connectivity index (χ0n) is 45.3. The molecule has 0 atom stereocenters. The molecular formula is C68H72N4O. The van der Waals surface area contributed by atoms with Crippen molar-refractivity contribution in [1.29, 1.82) is 0 Å². The van der Waals surface area contributed by atoms with Gasteiger partial charge in [-0.05, 0) is 104 Å². The zero-order valence-corrected chi connectivity index (χ0v) is 45.3. The minimum Gasteiger partial charge on any atom is -0.457 e. The predicted octanol–water partition coefficient (Wildman–Crippen LogP) is 18.1. The fourth-order valence-electron chi connectivity index (χ4n) is 10.7. The van der Waals surface area contributed by atoms with Crippen molar-refractivity contribution < 1.29 is 4.74 Å². The minimum absolute atomic E-state index is 0.0513. The van der Waals surface area contributed by atoms with E-state index >= 15 is 0 Å². The summed E-state index contributed by atoms with van der Waals surface area (Å²) in [6, 6.07) is 64.1. The van der Waals surface area contributed by atoms with Crippen molar-refractivity contribution in [1.82, 2.24) is 9.55 Å². The van der Waals surface area contributed by atoms with E-state index in [-0.39, 0.29) is 21.7 Å². The highest BCUT2D eigenvalue weighted by atomic mass is 16.5. The van der Waals surface area contributed by atoms with Crippen LogP contribution in [0.15, 0.2) is 194 Å². The number of allylic oxidation sites excluding steroid dienone is 1. The second-order valence-corrected chi connectivity index (χ2v) is 24.4. The molecule has 10 rings (SSSR count). The van der Waals surface area contributed by atoms with Gasteiger partial charge in [0.1, 0.15) is 17.3 Å². The SMILES string of the molecule is CC(C)(C)C1=CN(c2cc(C(C)(C)C)cc(C(C)(C)c3ccccc3)c2)CN1c1cc(Oc2cc(C(C)(C)c3ccccc3)c3c4ccccc4n(-c4cc(C(C)(C)C)ccn4)c3c2)cc(-c2ccccc2)c1. The molecule has 1 aliphatic heterocycles. The first-order valence-corrected chi connectivity index (χ1v) is 26.0. The van der Waals surface area contributed by atoms with E-state index in [4.69, 9.17) is 9.72 Å². The summed E-state index contributed by atoms with van der Waals surface area (Å²) in [6.07, 6.45) is 4.33. The largest absolute Gasteiger partial charge is 0.457 e. The molecule has 3 heterocycles. The Morgan fingerprint density at radius 2 is 1.03 bits per heavy atom. The lowest BCUT2D eigenvalue weighted by Crippen LogP contribution is -2.31. The molecule has 0 aliphatic carbocycles. The van der Waals surface area contributed by atoms with E-state index < -0.39 is 5.41 Å². The van der Waals surface area contributed by atoms with Gasteiger partial charge in [-0.1, -0.05) is 205 Å². The molecule has 5 nitrogen and oxygen atoms in total.